The number of hydrogen-bond donors (Lipinski definition) is 8. The summed E-state index contributed by atoms with van der Waals surface area (Å²) in [6.07, 6.45) is 18.5. The number of H-pyrrole nitrogens is 4. The quantitative estimate of drug-likeness (QED) is 0.0312. The summed E-state index contributed by atoms with van der Waals surface area (Å²) in [4.78, 5) is 66.7. The van der Waals surface area contributed by atoms with Gasteiger partial charge in [0.15, 0.2) is 0 Å². The highest BCUT2D eigenvalue weighted by atomic mass is 19.2. The maximum absolute atomic E-state index is 15.6. The first kappa shape index (κ1) is 85.8. The molecule has 12 aromatic rings. The van der Waals surface area contributed by atoms with Crippen LogP contribution < -0.4 is 0 Å². The fourth-order valence-corrected chi connectivity index (χ4v) is 21.9. The third-order valence-electron chi connectivity index (χ3n) is 27.5. The Kier molecular flexibility index (Phi) is 24.1. The van der Waals surface area contributed by atoms with Crippen LogP contribution in [0.3, 0.4) is 0 Å². The topological polar surface area (TPSA) is 253 Å². The number of ether oxygens (including phenoxy) is 3. The molecule has 656 valence electrons. The lowest BCUT2D eigenvalue weighted by atomic mass is 9.44. The molecule has 22 rings (SSSR count). The van der Waals surface area contributed by atoms with Crippen molar-refractivity contribution in [1.29, 1.82) is 0 Å². The minimum atomic E-state index is -1.17. The number of carboxylic acid groups (broad SMARTS) is 4. The minimum absolute atomic E-state index is 0.00618. The zero-order valence-corrected chi connectivity index (χ0v) is 70.8. The molecule has 25 heteroatoms. The van der Waals surface area contributed by atoms with Crippen LogP contribution in [0.2, 0.25) is 0 Å². The smallest absolute Gasteiger partial charge is 0.328 e. The van der Waals surface area contributed by atoms with E-state index in [1.165, 1.54) is 108 Å². The number of fused-ring (bicyclic) bond motifs is 12. The van der Waals surface area contributed by atoms with E-state index in [0.29, 0.717) is 38.5 Å². The van der Waals surface area contributed by atoms with Crippen molar-refractivity contribution in [2.45, 2.75) is 158 Å². The molecule has 127 heavy (non-hydrogen) atoms. The zero-order chi connectivity index (χ0) is 88.4. The standard InChI is InChI=1S/C27H26F2N2O2.C26H26F2N2O3.C25H24F2N2O3.C24H24N2O3/c1-15-8-19-18-4-2-3-5-22(18)30-25(19)26(31(15)14-27-11-17(12-27)13-27)24-20(28)9-16(10-21(24)29)6-7-23(32)33;1-15-12-19-18-4-2-3-5-22(18)29-25(19)26(30(15)17-8-10-33-11-9-17)24-20(27)13-16(14-21(24)28)6-7-23(31)32;1-14-10-18-17-4-2-3-5-21(17)28-24(18)25(29(14)16-8-9-32-13-16)23-19(26)11-15(12-20(23)27)6-7-22(30)31;1-15-12-20-19-4-2-3-5-21(19)25-23(20)24(26(15)18-13-29-14-18)17-9-6-16(7-10-17)8-11-22(27)28/h2-7,9-10,15,17,26,30H,8,11-14H2,1H3,(H,32,33);2-7,13-15,17,26,29H,8-12H2,1H3,(H,31,32);2-7,11-12,14,16,25,28H,8-10,13H2,1H3,(H,30,31);2-11,15,18,24-25H,12-14H2,1H3,(H,27,28)/b3*7-6+;11-8+. The third kappa shape index (κ3) is 16.9. The van der Waals surface area contributed by atoms with E-state index in [1.54, 1.807) is 6.08 Å². The molecule has 0 amide bonds. The molecule has 9 unspecified atom stereocenters. The average molecular weight is 1730 g/mol. The van der Waals surface area contributed by atoms with E-state index < -0.39 is 76.9 Å². The molecule has 0 radical (unpaired) electrons. The minimum Gasteiger partial charge on any atom is -0.478 e. The van der Waals surface area contributed by atoms with Crippen molar-refractivity contribution in [3.8, 4) is 0 Å². The number of halogens is 6. The Hall–Kier alpha value is -11.9. The van der Waals surface area contributed by atoms with E-state index in [2.05, 4.69) is 110 Å². The molecule has 10 aliphatic rings. The molecule has 6 fully saturated rings. The van der Waals surface area contributed by atoms with E-state index in [0.717, 1.165) is 161 Å². The van der Waals surface area contributed by atoms with Gasteiger partial charge in [-0.05, 0) is 238 Å². The van der Waals surface area contributed by atoms with Crippen molar-refractivity contribution in [2.24, 2.45) is 11.3 Å². The Bertz CT molecular complexity index is 6260. The number of nitrogens with one attached hydrogen (secondary N) is 4. The second-order valence-electron chi connectivity index (χ2n) is 35.7. The van der Waals surface area contributed by atoms with Gasteiger partial charge >= 0.3 is 23.9 Å². The number of benzene rings is 8. The summed E-state index contributed by atoms with van der Waals surface area (Å²) in [5.41, 5.74) is 15.5. The number of para-hydroxylation sites is 4. The second kappa shape index (κ2) is 35.7. The molecule has 19 nitrogen and oxygen atoms in total. The van der Waals surface area contributed by atoms with Crippen LogP contribution >= 0.6 is 0 Å². The molecule has 8 N–H and O–H groups in total. The number of aliphatic carboxylic acids is 4. The van der Waals surface area contributed by atoms with Crippen LogP contribution in [-0.4, -0.2) is 172 Å². The highest BCUT2D eigenvalue weighted by molar-refractivity contribution is 5.91. The van der Waals surface area contributed by atoms with Gasteiger partial charge in [-0.25, -0.2) is 45.5 Å². The van der Waals surface area contributed by atoms with Crippen LogP contribution in [-0.2, 0) is 59.1 Å². The fraction of sp³-hybridized carbons (Fsp3) is 0.333. The summed E-state index contributed by atoms with van der Waals surface area (Å²) in [6.45, 7) is 13.5. The van der Waals surface area contributed by atoms with Gasteiger partial charge in [0.05, 0.1) is 50.0 Å². The lowest BCUT2D eigenvalue weighted by molar-refractivity contribution is -0.135. The number of rotatable bonds is 17. The summed E-state index contributed by atoms with van der Waals surface area (Å²) >= 11 is 0. The van der Waals surface area contributed by atoms with Crippen molar-refractivity contribution in [1.82, 2.24) is 39.5 Å². The van der Waals surface area contributed by atoms with Crippen LogP contribution in [0.1, 0.15) is 180 Å². The van der Waals surface area contributed by atoms with E-state index in [-0.39, 0.29) is 75.0 Å². The predicted octanol–water partition coefficient (Wildman–Crippen LogP) is 19.4. The molecule has 11 heterocycles. The first-order valence-corrected chi connectivity index (χ1v) is 43.7. The van der Waals surface area contributed by atoms with Gasteiger partial charge in [-0.2, -0.15) is 0 Å². The van der Waals surface area contributed by atoms with Crippen LogP contribution in [0.4, 0.5) is 26.3 Å². The van der Waals surface area contributed by atoms with Gasteiger partial charge in [0.1, 0.15) is 34.9 Å². The largest absolute Gasteiger partial charge is 0.478 e. The molecule has 3 saturated carbocycles. The van der Waals surface area contributed by atoms with Gasteiger partial charge in [0.25, 0.3) is 0 Å². The molecule has 3 saturated heterocycles. The number of carbonyl (C=O) groups is 4. The lowest BCUT2D eigenvalue weighted by Gasteiger charge is -2.64. The monoisotopic (exact) mass is 1730 g/mol. The Balaban J connectivity index is 0.000000115. The molecule has 7 aliphatic heterocycles. The maximum atomic E-state index is 15.6. The van der Waals surface area contributed by atoms with Crippen molar-refractivity contribution in [3.63, 3.8) is 0 Å². The molecular formula is C102H100F6N8O11. The summed E-state index contributed by atoms with van der Waals surface area (Å²) < 4.78 is 110. The van der Waals surface area contributed by atoms with Gasteiger partial charge in [-0.1, -0.05) is 97.1 Å². The summed E-state index contributed by atoms with van der Waals surface area (Å²) in [7, 11) is 0. The van der Waals surface area contributed by atoms with Crippen molar-refractivity contribution < 1.29 is 80.2 Å². The van der Waals surface area contributed by atoms with Crippen molar-refractivity contribution >= 4 is 91.8 Å². The maximum Gasteiger partial charge on any atom is 0.328 e. The van der Waals surface area contributed by atoms with Gasteiger partial charge < -0.3 is 54.6 Å². The number of aromatic nitrogens is 4. The number of nitrogens with zero attached hydrogens (tertiary/aromatic N) is 4. The van der Waals surface area contributed by atoms with Crippen LogP contribution in [0, 0.1) is 46.2 Å². The van der Waals surface area contributed by atoms with Gasteiger partial charge in [-0.15, -0.1) is 0 Å². The van der Waals surface area contributed by atoms with Crippen molar-refractivity contribution in [2.75, 3.05) is 46.2 Å². The Morgan fingerprint density at radius 2 is 0.693 bits per heavy atom. The van der Waals surface area contributed by atoms with Gasteiger partial charge in [-0.3, -0.25) is 19.6 Å². The number of aromatic amines is 4. The predicted molar refractivity (Wildman–Crippen MR) is 475 cm³/mol. The third-order valence-corrected chi connectivity index (χ3v) is 27.5. The Morgan fingerprint density at radius 3 is 1.04 bits per heavy atom. The van der Waals surface area contributed by atoms with Crippen LogP contribution in [0.15, 0.2) is 182 Å². The van der Waals surface area contributed by atoms with Crippen LogP contribution in [0.25, 0.3) is 67.9 Å². The summed E-state index contributed by atoms with van der Waals surface area (Å²) in [6, 6.07) is 47.6. The molecule has 3 aliphatic carbocycles. The molecular weight excluding hydrogens is 1630 g/mol. The van der Waals surface area contributed by atoms with Gasteiger partial charge in [0.2, 0.25) is 0 Å². The van der Waals surface area contributed by atoms with Crippen molar-refractivity contribution in [3.05, 3.63) is 306 Å². The first-order valence-electron chi connectivity index (χ1n) is 43.7. The number of hydrogen-bond acceptors (Lipinski definition) is 11. The molecule has 8 aromatic carbocycles. The van der Waals surface area contributed by atoms with E-state index in [9.17, 15) is 19.2 Å². The fourth-order valence-electron chi connectivity index (χ4n) is 21.9. The summed E-state index contributed by atoms with van der Waals surface area (Å²) in [5, 5.41) is 40.0. The highest BCUT2D eigenvalue weighted by Gasteiger charge is 2.58. The molecule has 9 atom stereocenters. The molecule has 4 aromatic heterocycles. The second-order valence-corrected chi connectivity index (χ2v) is 35.7. The average Bonchev–Trinajstić information content (AvgIpc) is 1.25. The van der Waals surface area contributed by atoms with Gasteiger partial charge in [0, 0.05) is 170 Å². The lowest BCUT2D eigenvalue weighted by Crippen LogP contribution is -2.60. The zero-order valence-electron chi connectivity index (χ0n) is 70.8. The summed E-state index contributed by atoms with van der Waals surface area (Å²) in [5.74, 6) is -7.64. The highest BCUT2D eigenvalue weighted by Crippen LogP contribution is 2.65. The van der Waals surface area contributed by atoms with E-state index in [4.69, 9.17) is 34.6 Å². The Morgan fingerprint density at radius 1 is 0.378 bits per heavy atom. The van der Waals surface area contributed by atoms with E-state index in [1.807, 2.05) is 78.9 Å². The molecule has 0 spiro atoms. The Labute approximate surface area is 730 Å². The normalized spacial score (nSPS) is 24.3. The van der Waals surface area contributed by atoms with E-state index >= 15 is 26.3 Å². The first-order chi connectivity index (χ1) is 61.3. The number of carboxylic acids is 4. The SMILES string of the molecule is CC1Cc2c([nH]c3ccccc23)C(c2c(F)cc(/C=C/C(=O)O)cc2F)N1C1CCOC1.CC1Cc2c([nH]c3ccccc23)C(c2c(F)cc(/C=C/C(=O)O)cc2F)N1C1CCOCC1.CC1Cc2c([nH]c3ccccc23)C(c2c(F)cc(/C=C/C(=O)O)cc2F)N1CC12CC(C1)C2.CC1Cc2c([nH]c3ccccc23)C(c2ccc(/C=C/C(=O)O)cc2)N1C1COC1. The van der Waals surface area contributed by atoms with Crippen LogP contribution in [0.5, 0.6) is 0 Å². The molecule has 2 bridgehead atoms.